The molecule has 0 aliphatic rings. The first-order valence-corrected chi connectivity index (χ1v) is 11.1. The fraction of sp³-hybridized carbons (Fsp3) is 0. The van der Waals surface area contributed by atoms with E-state index in [1.54, 1.807) is 0 Å². The fourth-order valence-electron chi connectivity index (χ4n) is 5.00. The Balaban J connectivity index is 1.63. The van der Waals surface area contributed by atoms with Crippen molar-refractivity contribution >= 4 is 70.1 Å². The molecule has 7 rings (SSSR count). The van der Waals surface area contributed by atoms with Gasteiger partial charge in [-0.1, -0.05) is 70.5 Å². The molecule has 0 unspecified atom stereocenters. The molecule has 2 aromatic heterocycles. The van der Waals surface area contributed by atoms with Crippen molar-refractivity contribution in [3.8, 4) is 11.1 Å². The first-order chi connectivity index (χ1) is 15.3. The van der Waals surface area contributed by atoms with Gasteiger partial charge in [-0.2, -0.15) is 0 Å². The number of pyridine rings is 2. The largest absolute Gasteiger partial charge is 0.254 e. The fourth-order valence-corrected chi connectivity index (χ4v) is 5.50. The van der Waals surface area contributed by atoms with E-state index < -0.39 is 0 Å². The lowest BCUT2D eigenvalue weighted by molar-refractivity contribution is 1.37. The van der Waals surface area contributed by atoms with Crippen molar-refractivity contribution in [1.29, 1.82) is 0 Å². The van der Waals surface area contributed by atoms with E-state index in [2.05, 4.69) is 93.7 Å². The Morgan fingerprint density at radius 1 is 0.516 bits per heavy atom. The predicted octanol–water partition coefficient (Wildman–Crippen LogP) is 8.11. The number of rotatable bonds is 1. The number of fused-ring (bicyclic) bond motifs is 3. The Hall–Kier alpha value is -3.56. The Bertz CT molecular complexity index is 1780. The molecule has 0 N–H and O–H groups in total. The average Bonchev–Trinajstić information content (AvgIpc) is 2.81. The summed E-state index contributed by atoms with van der Waals surface area (Å²) < 4.78 is 1.11. The SMILES string of the molecule is Brc1cc2ccc3ccc(-c4ccnc5c4ccc4cccnc45)c4ccc(c1)c2c34. The van der Waals surface area contributed by atoms with Gasteiger partial charge in [-0.25, -0.2) is 0 Å². The Morgan fingerprint density at radius 3 is 2.10 bits per heavy atom. The predicted molar refractivity (Wildman–Crippen MR) is 134 cm³/mol. The molecular formula is C28H15BrN2. The molecule has 3 heteroatoms. The summed E-state index contributed by atoms with van der Waals surface area (Å²) in [5.41, 5.74) is 4.32. The molecule has 0 saturated carbocycles. The highest BCUT2D eigenvalue weighted by atomic mass is 79.9. The molecule has 7 aromatic rings. The van der Waals surface area contributed by atoms with E-state index in [4.69, 9.17) is 4.98 Å². The number of aromatic nitrogens is 2. The van der Waals surface area contributed by atoms with Crippen molar-refractivity contribution in [3.63, 3.8) is 0 Å². The number of hydrogen-bond donors (Lipinski definition) is 0. The summed E-state index contributed by atoms with van der Waals surface area (Å²) in [6.45, 7) is 0. The summed E-state index contributed by atoms with van der Waals surface area (Å²) in [5, 5.41) is 9.95. The minimum absolute atomic E-state index is 0.949. The molecule has 0 fully saturated rings. The number of nitrogens with zero attached hydrogens (tertiary/aromatic N) is 2. The van der Waals surface area contributed by atoms with E-state index in [0.717, 1.165) is 26.3 Å². The topological polar surface area (TPSA) is 25.8 Å². The quantitative estimate of drug-likeness (QED) is 0.232. The third-order valence-electron chi connectivity index (χ3n) is 6.34. The van der Waals surface area contributed by atoms with Crippen LogP contribution in [0.25, 0.3) is 65.3 Å². The minimum Gasteiger partial charge on any atom is -0.254 e. The summed E-state index contributed by atoms with van der Waals surface area (Å²) >= 11 is 3.66. The molecule has 0 atom stereocenters. The van der Waals surface area contributed by atoms with Crippen LogP contribution in [-0.2, 0) is 0 Å². The van der Waals surface area contributed by atoms with Crippen molar-refractivity contribution in [3.05, 3.63) is 95.7 Å². The first-order valence-electron chi connectivity index (χ1n) is 10.3. The van der Waals surface area contributed by atoms with Crippen LogP contribution in [0.1, 0.15) is 0 Å². The van der Waals surface area contributed by atoms with E-state index in [1.165, 1.54) is 43.4 Å². The molecule has 5 aromatic carbocycles. The Labute approximate surface area is 186 Å². The summed E-state index contributed by atoms with van der Waals surface area (Å²) in [4.78, 5) is 9.31. The van der Waals surface area contributed by atoms with Crippen LogP contribution >= 0.6 is 15.9 Å². The van der Waals surface area contributed by atoms with E-state index in [-0.39, 0.29) is 0 Å². The van der Waals surface area contributed by atoms with Crippen LogP contribution in [0.2, 0.25) is 0 Å². The van der Waals surface area contributed by atoms with Crippen LogP contribution in [0.3, 0.4) is 0 Å². The smallest absolute Gasteiger partial charge is 0.0970 e. The monoisotopic (exact) mass is 458 g/mol. The van der Waals surface area contributed by atoms with Crippen molar-refractivity contribution in [2.45, 2.75) is 0 Å². The van der Waals surface area contributed by atoms with Crippen LogP contribution in [0.4, 0.5) is 0 Å². The number of halogens is 1. The lowest BCUT2D eigenvalue weighted by Crippen LogP contribution is -1.90. The number of hydrogen-bond acceptors (Lipinski definition) is 2. The van der Waals surface area contributed by atoms with E-state index in [9.17, 15) is 0 Å². The second-order valence-corrected chi connectivity index (χ2v) is 8.93. The molecule has 0 aliphatic carbocycles. The van der Waals surface area contributed by atoms with Gasteiger partial charge < -0.3 is 0 Å². The van der Waals surface area contributed by atoms with E-state index in [0.29, 0.717) is 0 Å². The second kappa shape index (κ2) is 6.22. The molecule has 0 aliphatic heterocycles. The van der Waals surface area contributed by atoms with Crippen molar-refractivity contribution in [2.24, 2.45) is 0 Å². The minimum atomic E-state index is 0.949. The average molecular weight is 459 g/mol. The van der Waals surface area contributed by atoms with E-state index >= 15 is 0 Å². The van der Waals surface area contributed by atoms with Crippen molar-refractivity contribution < 1.29 is 0 Å². The highest BCUT2D eigenvalue weighted by Gasteiger charge is 2.15. The highest BCUT2D eigenvalue weighted by Crippen LogP contribution is 2.42. The van der Waals surface area contributed by atoms with Crippen LogP contribution in [0, 0.1) is 0 Å². The van der Waals surface area contributed by atoms with Crippen molar-refractivity contribution in [2.75, 3.05) is 0 Å². The standard InChI is InChI=1S/C28H15BrN2/c29-20-14-18-4-3-16-5-8-21(23-9-7-19(15-20)25(18)26(16)23)22-11-13-31-28-24(22)10-6-17-2-1-12-30-27(17)28/h1-15H. The lowest BCUT2D eigenvalue weighted by Gasteiger charge is -2.15. The Kier molecular flexibility index (Phi) is 3.44. The third-order valence-corrected chi connectivity index (χ3v) is 6.79. The molecule has 0 radical (unpaired) electrons. The van der Waals surface area contributed by atoms with Crippen LogP contribution in [0.15, 0.2) is 95.7 Å². The zero-order valence-electron chi connectivity index (χ0n) is 16.4. The molecule has 2 heterocycles. The molecule has 0 bridgehead atoms. The maximum Gasteiger partial charge on any atom is 0.0970 e. The maximum absolute atomic E-state index is 4.70. The van der Waals surface area contributed by atoms with Crippen LogP contribution in [0.5, 0.6) is 0 Å². The van der Waals surface area contributed by atoms with Crippen LogP contribution in [-0.4, -0.2) is 9.97 Å². The van der Waals surface area contributed by atoms with Gasteiger partial charge in [0.2, 0.25) is 0 Å². The lowest BCUT2D eigenvalue weighted by atomic mass is 9.89. The zero-order valence-corrected chi connectivity index (χ0v) is 18.0. The summed E-state index contributed by atoms with van der Waals surface area (Å²) in [7, 11) is 0. The van der Waals surface area contributed by atoms with Crippen molar-refractivity contribution in [1.82, 2.24) is 9.97 Å². The zero-order chi connectivity index (χ0) is 20.5. The molecule has 0 amide bonds. The molecule has 0 saturated heterocycles. The summed E-state index contributed by atoms with van der Waals surface area (Å²) in [6, 6.07) is 28.3. The first kappa shape index (κ1) is 17.2. The van der Waals surface area contributed by atoms with Gasteiger partial charge in [-0.05, 0) is 67.7 Å². The van der Waals surface area contributed by atoms with Gasteiger partial charge in [-0.3, -0.25) is 9.97 Å². The van der Waals surface area contributed by atoms with E-state index in [1.807, 2.05) is 18.5 Å². The normalized spacial score (nSPS) is 12.0. The molecule has 144 valence electrons. The van der Waals surface area contributed by atoms with Gasteiger partial charge in [0.05, 0.1) is 11.0 Å². The molecule has 31 heavy (non-hydrogen) atoms. The van der Waals surface area contributed by atoms with Crippen LogP contribution < -0.4 is 0 Å². The highest BCUT2D eigenvalue weighted by molar-refractivity contribution is 9.10. The maximum atomic E-state index is 4.70. The van der Waals surface area contributed by atoms with Gasteiger partial charge in [0.1, 0.15) is 0 Å². The molecule has 2 nitrogen and oxygen atoms in total. The van der Waals surface area contributed by atoms with Gasteiger partial charge in [0, 0.05) is 27.6 Å². The van der Waals surface area contributed by atoms with Gasteiger partial charge in [0.15, 0.2) is 0 Å². The second-order valence-electron chi connectivity index (χ2n) is 8.01. The Morgan fingerprint density at radius 2 is 1.19 bits per heavy atom. The third kappa shape index (κ3) is 2.38. The van der Waals surface area contributed by atoms with Gasteiger partial charge >= 0.3 is 0 Å². The molecular weight excluding hydrogens is 444 g/mol. The summed E-state index contributed by atoms with van der Waals surface area (Å²) in [5.74, 6) is 0. The van der Waals surface area contributed by atoms with Gasteiger partial charge in [0.25, 0.3) is 0 Å². The molecule has 0 spiro atoms. The summed E-state index contributed by atoms with van der Waals surface area (Å²) in [6.07, 6.45) is 3.74. The number of benzene rings is 5. The van der Waals surface area contributed by atoms with Gasteiger partial charge in [-0.15, -0.1) is 0 Å².